The second kappa shape index (κ2) is 9.03. The number of halogens is 2. The number of benzene rings is 2. The number of amides is 1. The normalized spacial score (nSPS) is 12.4. The van der Waals surface area contributed by atoms with Gasteiger partial charge in [0.05, 0.1) is 24.7 Å². The van der Waals surface area contributed by atoms with Gasteiger partial charge in [-0.25, -0.2) is 8.42 Å². The SMILES string of the molecule is CC[C@H](C(=O)Nc1cc(Cl)ccc1OC)N(c1cc(Cl)ccc1C)S(C)(=O)=O. The van der Waals surface area contributed by atoms with Crippen molar-refractivity contribution in [3.8, 4) is 5.75 Å². The van der Waals surface area contributed by atoms with E-state index in [2.05, 4.69) is 5.32 Å². The fraction of sp³-hybridized carbons (Fsp3) is 0.316. The van der Waals surface area contributed by atoms with E-state index in [1.54, 1.807) is 44.2 Å². The smallest absolute Gasteiger partial charge is 0.248 e. The van der Waals surface area contributed by atoms with Crippen molar-refractivity contribution >= 4 is 50.5 Å². The van der Waals surface area contributed by atoms with Crippen molar-refractivity contribution in [3.05, 3.63) is 52.0 Å². The minimum atomic E-state index is -3.77. The number of rotatable bonds is 7. The first-order valence-corrected chi connectivity index (χ1v) is 11.1. The van der Waals surface area contributed by atoms with Crippen LogP contribution in [-0.4, -0.2) is 33.7 Å². The summed E-state index contributed by atoms with van der Waals surface area (Å²) in [4.78, 5) is 13.0. The van der Waals surface area contributed by atoms with Crippen molar-refractivity contribution in [2.75, 3.05) is 23.0 Å². The molecule has 1 amide bonds. The van der Waals surface area contributed by atoms with E-state index in [-0.39, 0.29) is 6.42 Å². The van der Waals surface area contributed by atoms with Crippen LogP contribution >= 0.6 is 23.2 Å². The van der Waals surface area contributed by atoms with E-state index in [1.807, 2.05) is 0 Å². The largest absolute Gasteiger partial charge is 0.495 e. The first-order chi connectivity index (χ1) is 13.1. The summed E-state index contributed by atoms with van der Waals surface area (Å²) < 4.78 is 31.5. The van der Waals surface area contributed by atoms with E-state index in [1.165, 1.54) is 13.2 Å². The predicted molar refractivity (Wildman–Crippen MR) is 114 cm³/mol. The molecule has 2 aromatic carbocycles. The Morgan fingerprint density at radius 3 is 2.36 bits per heavy atom. The molecule has 0 heterocycles. The molecule has 0 bridgehead atoms. The Labute approximate surface area is 175 Å². The maximum atomic E-state index is 13.0. The Kier molecular flexibility index (Phi) is 7.20. The first-order valence-electron chi connectivity index (χ1n) is 8.48. The standard InChI is InChI=1S/C19H22Cl2N2O4S/c1-5-16(19(24)22-15-10-13(20)8-9-18(15)27-3)23(28(4,25)26)17-11-14(21)7-6-12(17)2/h6-11,16H,5H2,1-4H3,(H,22,24)/t16-/m1/s1. The molecular weight excluding hydrogens is 423 g/mol. The summed E-state index contributed by atoms with van der Waals surface area (Å²) in [5.74, 6) is -0.0923. The van der Waals surface area contributed by atoms with Crippen LogP contribution in [0.15, 0.2) is 36.4 Å². The average molecular weight is 445 g/mol. The van der Waals surface area contributed by atoms with Crippen LogP contribution in [0.5, 0.6) is 5.75 Å². The number of anilines is 2. The van der Waals surface area contributed by atoms with Gasteiger partial charge in [-0.2, -0.15) is 0 Å². The molecule has 0 aliphatic carbocycles. The Morgan fingerprint density at radius 1 is 1.18 bits per heavy atom. The van der Waals surface area contributed by atoms with Gasteiger partial charge in [0.15, 0.2) is 0 Å². The zero-order chi connectivity index (χ0) is 21.1. The van der Waals surface area contributed by atoms with Crippen molar-refractivity contribution < 1.29 is 17.9 Å². The highest BCUT2D eigenvalue weighted by molar-refractivity contribution is 7.92. The van der Waals surface area contributed by atoms with Gasteiger partial charge in [-0.05, 0) is 49.2 Å². The highest BCUT2D eigenvalue weighted by Gasteiger charge is 2.33. The quantitative estimate of drug-likeness (QED) is 0.681. The highest BCUT2D eigenvalue weighted by Crippen LogP contribution is 2.31. The van der Waals surface area contributed by atoms with Crippen LogP contribution in [0.4, 0.5) is 11.4 Å². The summed E-state index contributed by atoms with van der Waals surface area (Å²) in [6, 6.07) is 8.71. The average Bonchev–Trinajstić information content (AvgIpc) is 2.61. The molecule has 0 aromatic heterocycles. The molecule has 0 aliphatic heterocycles. The van der Waals surface area contributed by atoms with Gasteiger partial charge in [0.1, 0.15) is 11.8 Å². The van der Waals surface area contributed by atoms with Gasteiger partial charge in [0, 0.05) is 10.0 Å². The lowest BCUT2D eigenvalue weighted by molar-refractivity contribution is -0.117. The lowest BCUT2D eigenvalue weighted by atomic mass is 10.1. The van der Waals surface area contributed by atoms with Crippen LogP contribution in [-0.2, 0) is 14.8 Å². The minimum absolute atomic E-state index is 0.244. The molecule has 0 spiro atoms. The fourth-order valence-electron chi connectivity index (χ4n) is 2.85. The Hall–Kier alpha value is -1.96. The number of sulfonamides is 1. The maximum Gasteiger partial charge on any atom is 0.248 e. The molecule has 0 saturated carbocycles. The lowest BCUT2D eigenvalue weighted by Gasteiger charge is -2.31. The number of nitrogens with zero attached hydrogens (tertiary/aromatic N) is 1. The summed E-state index contributed by atoms with van der Waals surface area (Å²) in [5, 5.41) is 3.51. The molecule has 28 heavy (non-hydrogen) atoms. The van der Waals surface area contributed by atoms with Crippen LogP contribution in [0, 0.1) is 6.92 Å². The van der Waals surface area contributed by atoms with E-state index in [4.69, 9.17) is 27.9 Å². The minimum Gasteiger partial charge on any atom is -0.495 e. The summed E-state index contributed by atoms with van der Waals surface area (Å²) >= 11 is 12.1. The number of methoxy groups -OCH3 is 1. The van der Waals surface area contributed by atoms with Gasteiger partial charge < -0.3 is 10.1 Å². The van der Waals surface area contributed by atoms with Crippen molar-refractivity contribution in [3.63, 3.8) is 0 Å². The third-order valence-corrected chi connectivity index (χ3v) is 5.79. The van der Waals surface area contributed by atoms with Crippen molar-refractivity contribution in [2.24, 2.45) is 0 Å². The highest BCUT2D eigenvalue weighted by atomic mass is 35.5. The third kappa shape index (κ3) is 5.10. The molecule has 0 radical (unpaired) electrons. The molecule has 6 nitrogen and oxygen atoms in total. The van der Waals surface area contributed by atoms with Crippen molar-refractivity contribution in [1.82, 2.24) is 0 Å². The van der Waals surface area contributed by atoms with E-state index in [0.29, 0.717) is 32.7 Å². The van der Waals surface area contributed by atoms with E-state index < -0.39 is 22.0 Å². The second-order valence-electron chi connectivity index (χ2n) is 6.25. The lowest BCUT2D eigenvalue weighted by Crippen LogP contribution is -2.47. The number of hydrogen-bond donors (Lipinski definition) is 1. The summed E-state index contributed by atoms with van der Waals surface area (Å²) in [6.45, 7) is 3.49. The van der Waals surface area contributed by atoms with E-state index in [9.17, 15) is 13.2 Å². The molecule has 2 aromatic rings. The Balaban J connectivity index is 2.48. The van der Waals surface area contributed by atoms with Gasteiger partial charge in [-0.3, -0.25) is 9.10 Å². The van der Waals surface area contributed by atoms with Gasteiger partial charge >= 0.3 is 0 Å². The van der Waals surface area contributed by atoms with Gasteiger partial charge in [0.2, 0.25) is 15.9 Å². The summed E-state index contributed by atoms with van der Waals surface area (Å²) in [6.07, 6.45) is 1.30. The number of carbonyl (C=O) groups is 1. The molecule has 1 N–H and O–H groups in total. The van der Waals surface area contributed by atoms with E-state index >= 15 is 0 Å². The van der Waals surface area contributed by atoms with Gasteiger partial charge in [-0.1, -0.05) is 36.2 Å². The molecule has 0 aliphatic rings. The van der Waals surface area contributed by atoms with Crippen molar-refractivity contribution in [1.29, 1.82) is 0 Å². The number of carbonyl (C=O) groups excluding carboxylic acids is 1. The molecule has 0 fully saturated rings. The summed E-state index contributed by atoms with van der Waals surface area (Å²) in [7, 11) is -2.31. The first kappa shape index (κ1) is 22.3. The maximum absolute atomic E-state index is 13.0. The number of nitrogens with one attached hydrogen (secondary N) is 1. The fourth-order valence-corrected chi connectivity index (χ4v) is 4.45. The monoisotopic (exact) mass is 444 g/mol. The predicted octanol–water partition coefficient (Wildman–Crippen LogP) is 4.49. The van der Waals surface area contributed by atoms with Gasteiger partial charge in [0.25, 0.3) is 0 Å². The zero-order valence-corrected chi connectivity index (χ0v) is 18.3. The van der Waals surface area contributed by atoms with Gasteiger partial charge in [-0.15, -0.1) is 0 Å². The number of aryl methyl sites for hydroxylation is 1. The Morgan fingerprint density at radius 2 is 1.79 bits per heavy atom. The topological polar surface area (TPSA) is 75.7 Å². The number of hydrogen-bond acceptors (Lipinski definition) is 4. The van der Waals surface area contributed by atoms with Crippen LogP contribution in [0.1, 0.15) is 18.9 Å². The van der Waals surface area contributed by atoms with Crippen molar-refractivity contribution in [2.45, 2.75) is 26.3 Å². The second-order valence-corrected chi connectivity index (χ2v) is 8.98. The zero-order valence-electron chi connectivity index (χ0n) is 16.0. The molecule has 1 atom stereocenters. The number of ether oxygens (including phenoxy) is 1. The van der Waals surface area contributed by atoms with Crippen LogP contribution in [0.2, 0.25) is 10.0 Å². The molecule has 2 rings (SSSR count). The van der Waals surface area contributed by atoms with Crippen LogP contribution < -0.4 is 14.4 Å². The molecule has 152 valence electrons. The third-order valence-electron chi connectivity index (χ3n) is 4.16. The molecule has 0 saturated heterocycles. The molecule has 9 heteroatoms. The van der Waals surface area contributed by atoms with Crippen LogP contribution in [0.3, 0.4) is 0 Å². The Bertz CT molecular complexity index is 980. The molecule has 0 unspecified atom stereocenters. The van der Waals surface area contributed by atoms with Crippen LogP contribution in [0.25, 0.3) is 0 Å². The summed E-state index contributed by atoms with van der Waals surface area (Å²) in [5.41, 5.74) is 1.39. The molecular formula is C19H22Cl2N2O4S. The van der Waals surface area contributed by atoms with E-state index in [0.717, 1.165) is 10.6 Å².